The highest BCUT2D eigenvalue weighted by molar-refractivity contribution is 5.88. The van der Waals surface area contributed by atoms with E-state index in [1.54, 1.807) is 0 Å². The molecule has 8 heteroatoms. The number of ether oxygens (including phenoxy) is 1. The molecule has 4 aromatic rings. The lowest BCUT2D eigenvalue weighted by molar-refractivity contribution is -0.385. The second-order valence-electron chi connectivity index (χ2n) is 7.55. The van der Waals surface area contributed by atoms with Gasteiger partial charge in [0.2, 0.25) is 5.89 Å². The maximum Gasteiger partial charge on any atom is 0.274 e. The molecule has 0 saturated heterocycles. The quantitative estimate of drug-likeness (QED) is 0.243. The van der Waals surface area contributed by atoms with Crippen LogP contribution >= 0.6 is 0 Å². The van der Waals surface area contributed by atoms with Crippen LogP contribution in [0.3, 0.4) is 0 Å². The lowest BCUT2D eigenvalue weighted by Gasteiger charge is -2.06. The first-order chi connectivity index (χ1) is 15.3. The Bertz CT molecular complexity index is 1390. The van der Waals surface area contributed by atoms with Gasteiger partial charge in [0, 0.05) is 23.4 Å². The molecule has 0 spiro atoms. The zero-order valence-corrected chi connectivity index (χ0v) is 18.0. The second kappa shape index (κ2) is 8.14. The maximum absolute atomic E-state index is 11.2. The molecule has 1 aromatic heterocycles. The zero-order valence-electron chi connectivity index (χ0n) is 18.0. The van der Waals surface area contributed by atoms with Gasteiger partial charge < -0.3 is 14.3 Å². The number of nitrogens with zero attached hydrogens (tertiary/aromatic N) is 3. The maximum atomic E-state index is 11.2. The summed E-state index contributed by atoms with van der Waals surface area (Å²) in [5.41, 5.74) is 5.86. The van der Waals surface area contributed by atoms with Crippen LogP contribution in [0, 0.1) is 30.9 Å². The fourth-order valence-corrected chi connectivity index (χ4v) is 3.49. The molecule has 0 fully saturated rings. The first-order valence-corrected chi connectivity index (χ1v) is 9.85. The number of oxazole rings is 1. The molecule has 1 N–H and O–H groups in total. The summed E-state index contributed by atoms with van der Waals surface area (Å²) in [6.45, 7) is 5.89. The number of hydrogen-bond donors (Lipinski definition) is 1. The summed E-state index contributed by atoms with van der Waals surface area (Å²) in [6, 6.07) is 12.0. The number of fused-ring (bicyclic) bond motifs is 1. The molecular weight excluding hydrogens is 410 g/mol. The molecular formula is C24H21N3O5. The van der Waals surface area contributed by atoms with Crippen LogP contribution in [0.1, 0.15) is 22.3 Å². The molecule has 0 aliphatic heterocycles. The van der Waals surface area contributed by atoms with E-state index in [2.05, 4.69) is 9.98 Å². The van der Waals surface area contributed by atoms with E-state index in [1.165, 1.54) is 19.4 Å². The average Bonchev–Trinajstić information content (AvgIpc) is 3.18. The molecule has 0 saturated carbocycles. The van der Waals surface area contributed by atoms with Crippen molar-refractivity contribution >= 4 is 28.7 Å². The molecule has 4 rings (SSSR count). The summed E-state index contributed by atoms with van der Waals surface area (Å²) in [7, 11) is 1.33. The van der Waals surface area contributed by atoms with Crippen molar-refractivity contribution in [1.82, 2.24) is 4.98 Å². The van der Waals surface area contributed by atoms with Gasteiger partial charge in [-0.3, -0.25) is 15.1 Å². The normalized spacial score (nSPS) is 11.4. The SMILES string of the molecule is COc1cc([N+](=O)[O-])cc(C=Nc2cc(-c3nc4cc(C)cc(C)c4o3)ccc2C)c1O. The topological polar surface area (TPSA) is 111 Å². The number of nitro benzene ring substituents is 1. The highest BCUT2D eigenvalue weighted by Gasteiger charge is 2.16. The largest absolute Gasteiger partial charge is 0.504 e. The number of phenolic OH excluding ortho intramolecular Hbond substituents is 1. The van der Waals surface area contributed by atoms with Gasteiger partial charge >= 0.3 is 0 Å². The van der Waals surface area contributed by atoms with Crippen LogP contribution in [0.15, 0.2) is 51.9 Å². The Morgan fingerprint density at radius 3 is 2.62 bits per heavy atom. The summed E-state index contributed by atoms with van der Waals surface area (Å²) < 4.78 is 11.0. The van der Waals surface area contributed by atoms with Gasteiger partial charge in [-0.1, -0.05) is 12.1 Å². The minimum atomic E-state index is -0.553. The summed E-state index contributed by atoms with van der Waals surface area (Å²) in [4.78, 5) is 19.7. The Kier molecular flexibility index (Phi) is 5.36. The van der Waals surface area contributed by atoms with Crippen molar-refractivity contribution in [1.29, 1.82) is 0 Å². The fraction of sp³-hybridized carbons (Fsp3) is 0.167. The Morgan fingerprint density at radius 1 is 1.12 bits per heavy atom. The first kappa shape index (κ1) is 21.0. The van der Waals surface area contributed by atoms with Gasteiger partial charge in [0.05, 0.1) is 23.8 Å². The number of phenols is 1. The first-order valence-electron chi connectivity index (χ1n) is 9.85. The minimum Gasteiger partial charge on any atom is -0.504 e. The third-order valence-electron chi connectivity index (χ3n) is 5.14. The van der Waals surface area contributed by atoms with Crippen LogP contribution in [-0.2, 0) is 0 Å². The zero-order chi connectivity index (χ0) is 23.0. The van der Waals surface area contributed by atoms with Gasteiger partial charge in [0.15, 0.2) is 17.1 Å². The van der Waals surface area contributed by atoms with Gasteiger partial charge in [-0.25, -0.2) is 4.98 Å². The molecule has 8 nitrogen and oxygen atoms in total. The molecule has 3 aromatic carbocycles. The van der Waals surface area contributed by atoms with Gasteiger partial charge in [-0.15, -0.1) is 0 Å². The number of hydrogen-bond acceptors (Lipinski definition) is 7. The molecule has 0 amide bonds. The number of aliphatic imine (C=N–C) groups is 1. The van der Waals surface area contributed by atoms with Crippen molar-refractivity contribution in [2.45, 2.75) is 20.8 Å². The summed E-state index contributed by atoms with van der Waals surface area (Å²) in [6.07, 6.45) is 1.37. The van der Waals surface area contributed by atoms with E-state index >= 15 is 0 Å². The number of aromatic nitrogens is 1. The second-order valence-corrected chi connectivity index (χ2v) is 7.55. The smallest absolute Gasteiger partial charge is 0.274 e. The standard InChI is InChI=1S/C24H21N3O5/c1-13-7-15(3)23-20(8-13)26-24(32-23)16-6-5-14(2)19(10-16)25-12-17-9-18(27(29)30)11-21(31-4)22(17)28/h5-12,28H,1-4H3. The van der Waals surface area contributed by atoms with Crippen LogP contribution in [0.2, 0.25) is 0 Å². The van der Waals surface area contributed by atoms with Crippen molar-refractivity contribution in [3.63, 3.8) is 0 Å². The summed E-state index contributed by atoms with van der Waals surface area (Å²) in [5.74, 6) is 0.258. The molecule has 0 aliphatic rings. The van der Waals surface area contributed by atoms with E-state index in [1.807, 2.05) is 51.1 Å². The highest BCUT2D eigenvalue weighted by atomic mass is 16.6. The molecule has 0 unspecified atom stereocenters. The van der Waals surface area contributed by atoms with Crippen molar-refractivity contribution in [3.05, 3.63) is 74.8 Å². The molecule has 0 atom stereocenters. The Balaban J connectivity index is 1.75. The number of methoxy groups -OCH3 is 1. The summed E-state index contributed by atoms with van der Waals surface area (Å²) in [5, 5.41) is 21.5. The number of nitro groups is 1. The molecule has 0 radical (unpaired) electrons. The Morgan fingerprint density at radius 2 is 1.91 bits per heavy atom. The number of benzene rings is 3. The predicted molar refractivity (Wildman–Crippen MR) is 122 cm³/mol. The highest BCUT2D eigenvalue weighted by Crippen LogP contribution is 2.35. The van der Waals surface area contributed by atoms with Crippen LogP contribution in [0.4, 0.5) is 11.4 Å². The summed E-state index contributed by atoms with van der Waals surface area (Å²) >= 11 is 0. The molecule has 0 aliphatic carbocycles. The minimum absolute atomic E-state index is 0.00302. The van der Waals surface area contributed by atoms with E-state index < -0.39 is 4.92 Å². The fourth-order valence-electron chi connectivity index (χ4n) is 3.49. The van der Waals surface area contributed by atoms with Gasteiger partial charge in [-0.2, -0.15) is 0 Å². The van der Waals surface area contributed by atoms with E-state index in [0.717, 1.165) is 39.4 Å². The molecule has 162 valence electrons. The average molecular weight is 431 g/mol. The number of rotatable bonds is 5. The van der Waals surface area contributed by atoms with Crippen molar-refractivity contribution in [2.75, 3.05) is 7.11 Å². The Labute approximate surface area is 184 Å². The third-order valence-corrected chi connectivity index (χ3v) is 5.14. The van der Waals surface area contributed by atoms with Gasteiger partial charge in [0.1, 0.15) is 5.52 Å². The molecule has 0 bridgehead atoms. The van der Waals surface area contributed by atoms with E-state index in [9.17, 15) is 15.2 Å². The van der Waals surface area contributed by atoms with Gasteiger partial charge in [0.25, 0.3) is 5.69 Å². The van der Waals surface area contributed by atoms with E-state index in [4.69, 9.17) is 9.15 Å². The number of non-ortho nitro benzene ring substituents is 1. The number of aryl methyl sites for hydroxylation is 3. The number of aromatic hydroxyl groups is 1. The van der Waals surface area contributed by atoms with Crippen molar-refractivity contribution < 1.29 is 19.2 Å². The molecule has 32 heavy (non-hydrogen) atoms. The lowest BCUT2D eigenvalue weighted by Crippen LogP contribution is -1.94. The van der Waals surface area contributed by atoms with Gasteiger partial charge in [-0.05, 0) is 55.7 Å². The third kappa shape index (κ3) is 3.90. The Hall–Kier alpha value is -4.20. The van der Waals surface area contributed by atoms with Crippen LogP contribution in [0.25, 0.3) is 22.6 Å². The van der Waals surface area contributed by atoms with Crippen LogP contribution in [-0.4, -0.2) is 28.3 Å². The van der Waals surface area contributed by atoms with Crippen molar-refractivity contribution in [3.8, 4) is 23.0 Å². The van der Waals surface area contributed by atoms with Crippen LogP contribution in [0.5, 0.6) is 11.5 Å². The van der Waals surface area contributed by atoms with Crippen LogP contribution < -0.4 is 4.74 Å². The van der Waals surface area contributed by atoms with Crippen molar-refractivity contribution in [2.24, 2.45) is 4.99 Å². The van der Waals surface area contributed by atoms with E-state index in [-0.39, 0.29) is 22.7 Å². The predicted octanol–water partition coefficient (Wildman–Crippen LogP) is 5.79. The van der Waals surface area contributed by atoms with E-state index in [0.29, 0.717) is 11.6 Å². The molecule has 1 heterocycles. The lowest BCUT2D eigenvalue weighted by atomic mass is 10.1. The monoisotopic (exact) mass is 431 g/mol.